The summed E-state index contributed by atoms with van der Waals surface area (Å²) in [5.74, 6) is 0.720. The van der Waals surface area contributed by atoms with Crippen LogP contribution in [0.25, 0.3) is 0 Å². The van der Waals surface area contributed by atoms with Crippen molar-refractivity contribution in [3.8, 4) is 5.75 Å². The zero-order valence-electron chi connectivity index (χ0n) is 16.6. The van der Waals surface area contributed by atoms with E-state index in [1.807, 2.05) is 38.1 Å². The van der Waals surface area contributed by atoms with Gasteiger partial charge in [0.1, 0.15) is 18.0 Å². The van der Waals surface area contributed by atoms with E-state index in [4.69, 9.17) is 9.47 Å². The number of hydrogen-bond donors (Lipinski definition) is 1. The van der Waals surface area contributed by atoms with Crippen LogP contribution in [-0.4, -0.2) is 49.8 Å². The van der Waals surface area contributed by atoms with Crippen LogP contribution in [0.5, 0.6) is 5.75 Å². The number of nitrogens with one attached hydrogen (secondary N) is 1. The molecule has 1 N–H and O–H groups in total. The van der Waals surface area contributed by atoms with Gasteiger partial charge in [-0.2, -0.15) is 0 Å². The van der Waals surface area contributed by atoms with Gasteiger partial charge < -0.3 is 14.8 Å². The van der Waals surface area contributed by atoms with E-state index < -0.39 is 5.60 Å². The predicted octanol–water partition coefficient (Wildman–Crippen LogP) is 4.09. The molecular formula is C21H34N2O3. The third-order valence-corrected chi connectivity index (χ3v) is 5.15. The zero-order chi connectivity index (χ0) is 18.8. The number of anilines is 1. The molecule has 1 amide bonds. The standard InChI is InChI=1S/C21H34N2O3/c1-4-13-21(2,25-3)20(24)22-18-9-11-19(12-10-18)26-17-16-23-14-7-5-6-8-15-23/h9-12H,4-8,13-17H2,1-3H3,(H,22,24)/t21-/m0/s1. The second-order valence-electron chi connectivity index (χ2n) is 7.27. The molecular weight excluding hydrogens is 328 g/mol. The Morgan fingerprint density at radius 1 is 1.15 bits per heavy atom. The third-order valence-electron chi connectivity index (χ3n) is 5.15. The number of amides is 1. The van der Waals surface area contributed by atoms with Gasteiger partial charge in [-0.15, -0.1) is 0 Å². The summed E-state index contributed by atoms with van der Waals surface area (Å²) >= 11 is 0. The minimum atomic E-state index is -0.795. The fourth-order valence-corrected chi connectivity index (χ4v) is 3.34. The number of hydrogen-bond acceptors (Lipinski definition) is 4. The molecule has 0 unspecified atom stereocenters. The highest BCUT2D eigenvalue weighted by atomic mass is 16.5. The molecule has 0 aromatic heterocycles. The summed E-state index contributed by atoms with van der Waals surface area (Å²) in [5, 5.41) is 2.93. The van der Waals surface area contributed by atoms with Crippen molar-refractivity contribution in [1.29, 1.82) is 0 Å². The maximum absolute atomic E-state index is 12.4. The summed E-state index contributed by atoms with van der Waals surface area (Å²) in [6, 6.07) is 7.56. The summed E-state index contributed by atoms with van der Waals surface area (Å²) in [5.41, 5.74) is -0.0360. The zero-order valence-corrected chi connectivity index (χ0v) is 16.6. The molecule has 1 aliphatic heterocycles. The Morgan fingerprint density at radius 2 is 1.81 bits per heavy atom. The summed E-state index contributed by atoms with van der Waals surface area (Å²) in [6.45, 7) is 7.91. The van der Waals surface area contributed by atoms with Crippen LogP contribution in [0.4, 0.5) is 5.69 Å². The SMILES string of the molecule is CCC[C@](C)(OC)C(=O)Nc1ccc(OCCN2CCCCCC2)cc1. The molecule has 0 spiro atoms. The highest BCUT2D eigenvalue weighted by molar-refractivity contribution is 5.97. The first-order valence-electron chi connectivity index (χ1n) is 9.89. The first-order valence-corrected chi connectivity index (χ1v) is 9.89. The molecule has 1 saturated heterocycles. The van der Waals surface area contributed by atoms with E-state index >= 15 is 0 Å². The van der Waals surface area contributed by atoms with Gasteiger partial charge >= 0.3 is 0 Å². The third kappa shape index (κ3) is 6.29. The first-order chi connectivity index (χ1) is 12.6. The number of carbonyl (C=O) groups excluding carboxylic acids is 1. The molecule has 1 aliphatic rings. The average molecular weight is 363 g/mol. The number of likely N-dealkylation sites (tertiary alicyclic amines) is 1. The monoisotopic (exact) mass is 362 g/mol. The average Bonchev–Trinajstić information content (AvgIpc) is 2.92. The molecule has 1 atom stereocenters. The van der Waals surface area contributed by atoms with Crippen LogP contribution in [-0.2, 0) is 9.53 Å². The topological polar surface area (TPSA) is 50.8 Å². The molecule has 146 valence electrons. The van der Waals surface area contributed by atoms with Crippen LogP contribution in [0.3, 0.4) is 0 Å². The van der Waals surface area contributed by atoms with Gasteiger partial charge in [-0.1, -0.05) is 26.2 Å². The lowest BCUT2D eigenvalue weighted by Crippen LogP contribution is -2.41. The normalized spacial score (nSPS) is 18.0. The molecule has 5 heteroatoms. The van der Waals surface area contributed by atoms with Crippen LogP contribution < -0.4 is 10.1 Å². The highest BCUT2D eigenvalue weighted by Crippen LogP contribution is 2.21. The lowest BCUT2D eigenvalue weighted by atomic mass is 9.99. The summed E-state index contributed by atoms with van der Waals surface area (Å²) in [4.78, 5) is 14.9. The molecule has 2 rings (SSSR count). The number of ether oxygens (including phenoxy) is 2. The summed E-state index contributed by atoms with van der Waals surface area (Å²) < 4.78 is 11.3. The van der Waals surface area contributed by atoms with Crippen molar-refractivity contribution < 1.29 is 14.3 Å². The second kappa shape index (κ2) is 10.5. The summed E-state index contributed by atoms with van der Waals surface area (Å²) in [6.07, 6.45) is 6.88. The molecule has 0 saturated carbocycles. The van der Waals surface area contributed by atoms with Gasteiger partial charge in [0.2, 0.25) is 0 Å². The number of rotatable bonds is 9. The van der Waals surface area contributed by atoms with Gasteiger partial charge in [-0.3, -0.25) is 9.69 Å². The van der Waals surface area contributed by atoms with Crippen molar-refractivity contribution in [2.75, 3.05) is 38.7 Å². The highest BCUT2D eigenvalue weighted by Gasteiger charge is 2.32. The van der Waals surface area contributed by atoms with Crippen LogP contribution in [0.2, 0.25) is 0 Å². The maximum atomic E-state index is 12.4. The van der Waals surface area contributed by atoms with E-state index in [-0.39, 0.29) is 5.91 Å². The Balaban J connectivity index is 1.79. The molecule has 26 heavy (non-hydrogen) atoms. The lowest BCUT2D eigenvalue weighted by molar-refractivity contribution is -0.136. The maximum Gasteiger partial charge on any atom is 0.256 e. The Bertz CT molecular complexity index is 539. The van der Waals surface area contributed by atoms with E-state index in [1.165, 1.54) is 38.8 Å². The van der Waals surface area contributed by atoms with Crippen LogP contribution >= 0.6 is 0 Å². The Labute approximate surface area is 158 Å². The molecule has 0 radical (unpaired) electrons. The minimum Gasteiger partial charge on any atom is -0.492 e. The molecule has 1 aromatic carbocycles. The number of methoxy groups -OCH3 is 1. The van der Waals surface area contributed by atoms with Crippen LogP contribution in [0.15, 0.2) is 24.3 Å². The molecule has 1 heterocycles. The molecule has 1 fully saturated rings. The van der Waals surface area contributed by atoms with E-state index in [1.54, 1.807) is 7.11 Å². The van der Waals surface area contributed by atoms with Crippen LogP contribution in [0.1, 0.15) is 52.4 Å². The molecule has 0 aliphatic carbocycles. The van der Waals surface area contributed by atoms with Crippen molar-refractivity contribution in [3.05, 3.63) is 24.3 Å². The number of carbonyl (C=O) groups is 1. The van der Waals surface area contributed by atoms with Gasteiger partial charge in [0.15, 0.2) is 0 Å². The Kier molecular flexibility index (Phi) is 8.39. The van der Waals surface area contributed by atoms with E-state index in [9.17, 15) is 4.79 Å². The van der Waals surface area contributed by atoms with Gasteiger partial charge in [0.05, 0.1) is 0 Å². The number of benzene rings is 1. The number of nitrogens with zero attached hydrogens (tertiary/aromatic N) is 1. The molecule has 1 aromatic rings. The van der Waals surface area contributed by atoms with E-state index in [0.717, 1.165) is 24.4 Å². The first kappa shape index (κ1) is 20.7. The molecule has 5 nitrogen and oxygen atoms in total. The van der Waals surface area contributed by atoms with Gasteiger partial charge in [-0.05, 0) is 63.5 Å². The quantitative estimate of drug-likeness (QED) is 0.719. The Morgan fingerprint density at radius 3 is 2.38 bits per heavy atom. The van der Waals surface area contributed by atoms with Gasteiger partial charge in [-0.25, -0.2) is 0 Å². The lowest BCUT2D eigenvalue weighted by Gasteiger charge is -2.26. The predicted molar refractivity (Wildman–Crippen MR) is 106 cm³/mol. The van der Waals surface area contributed by atoms with Gasteiger partial charge in [0, 0.05) is 19.3 Å². The van der Waals surface area contributed by atoms with Crippen molar-refractivity contribution in [2.45, 2.75) is 58.0 Å². The van der Waals surface area contributed by atoms with Crippen molar-refractivity contribution in [1.82, 2.24) is 4.90 Å². The fraction of sp³-hybridized carbons (Fsp3) is 0.667. The van der Waals surface area contributed by atoms with E-state index in [0.29, 0.717) is 13.0 Å². The largest absolute Gasteiger partial charge is 0.492 e. The smallest absolute Gasteiger partial charge is 0.256 e. The summed E-state index contributed by atoms with van der Waals surface area (Å²) in [7, 11) is 1.58. The Hall–Kier alpha value is -1.59. The van der Waals surface area contributed by atoms with Crippen molar-refractivity contribution in [3.63, 3.8) is 0 Å². The minimum absolute atomic E-state index is 0.114. The van der Waals surface area contributed by atoms with E-state index in [2.05, 4.69) is 10.2 Å². The van der Waals surface area contributed by atoms with Crippen molar-refractivity contribution >= 4 is 11.6 Å². The fourth-order valence-electron chi connectivity index (χ4n) is 3.34. The van der Waals surface area contributed by atoms with Crippen molar-refractivity contribution in [2.24, 2.45) is 0 Å². The second-order valence-corrected chi connectivity index (χ2v) is 7.27. The molecule has 0 bridgehead atoms. The van der Waals surface area contributed by atoms with Crippen LogP contribution in [0, 0.1) is 0 Å². The van der Waals surface area contributed by atoms with Gasteiger partial charge in [0.25, 0.3) is 5.91 Å².